The van der Waals surface area contributed by atoms with Gasteiger partial charge in [0, 0.05) is 12.8 Å². The molecule has 0 saturated heterocycles. The van der Waals surface area contributed by atoms with Crippen LogP contribution in [0.5, 0.6) is 0 Å². The maximum absolute atomic E-state index is 12.1. The maximum Gasteiger partial charge on any atom is 0.332 e. The van der Waals surface area contributed by atoms with E-state index in [0.717, 1.165) is 12.8 Å². The second-order valence-corrected chi connectivity index (χ2v) is 13.2. The Balaban J connectivity index is 3.28. The van der Waals surface area contributed by atoms with Gasteiger partial charge in [-0.25, -0.2) is 0 Å². The number of aliphatic hydroxyl groups is 1. The van der Waals surface area contributed by atoms with Crippen LogP contribution in [0.1, 0.15) is 194 Å². The smallest absolute Gasteiger partial charge is 0.332 e. The largest absolute Gasteiger partial charge is 0.390 e. The molecule has 0 aliphatic rings. The maximum atomic E-state index is 12.1. The predicted octanol–water partition coefficient (Wildman–Crippen LogP) is 11.8. The number of ketones is 1. The van der Waals surface area contributed by atoms with Gasteiger partial charge in [0.2, 0.25) is 0 Å². The minimum atomic E-state index is -1.42. The van der Waals surface area contributed by atoms with Crippen LogP contribution in [0.4, 0.5) is 0 Å². The van der Waals surface area contributed by atoms with E-state index < -0.39 is 14.7 Å². The molecule has 0 rings (SSSR count). The van der Waals surface area contributed by atoms with E-state index in [1.165, 1.54) is 148 Å². The van der Waals surface area contributed by atoms with Crippen LogP contribution in [0.3, 0.4) is 0 Å². The fourth-order valence-electron chi connectivity index (χ4n) is 5.35. The molecule has 5 nitrogen and oxygen atoms in total. The van der Waals surface area contributed by atoms with Crippen molar-refractivity contribution in [3.8, 4) is 0 Å². The summed E-state index contributed by atoms with van der Waals surface area (Å²) in [6.07, 6.45) is 34.4. The van der Waals surface area contributed by atoms with Crippen molar-refractivity contribution >= 4 is 14.4 Å². The molecule has 41 heavy (non-hydrogen) atoms. The normalized spacial score (nSPS) is 12.4. The Morgan fingerprint density at radius 2 is 0.829 bits per heavy atom. The minimum Gasteiger partial charge on any atom is -0.390 e. The lowest BCUT2D eigenvalue weighted by Crippen LogP contribution is -2.19. The van der Waals surface area contributed by atoms with E-state index in [4.69, 9.17) is 13.6 Å². The first-order valence-electron chi connectivity index (χ1n) is 18.0. The Morgan fingerprint density at radius 1 is 0.512 bits per heavy atom. The molecule has 0 aliphatic heterocycles. The van der Waals surface area contributed by atoms with Crippen molar-refractivity contribution in [3.05, 3.63) is 0 Å². The van der Waals surface area contributed by atoms with Gasteiger partial charge >= 0.3 is 8.60 Å². The van der Waals surface area contributed by atoms with Crippen LogP contribution in [0.15, 0.2) is 0 Å². The molecular formula is C35H71O5P. The Morgan fingerprint density at radius 3 is 1.15 bits per heavy atom. The molecule has 0 aromatic carbocycles. The van der Waals surface area contributed by atoms with Gasteiger partial charge in [-0.15, -0.1) is 0 Å². The monoisotopic (exact) mass is 603 g/mol. The third kappa shape index (κ3) is 32.7. The number of rotatable bonds is 35. The van der Waals surface area contributed by atoms with Crippen LogP contribution in [0.2, 0.25) is 0 Å². The lowest BCUT2D eigenvalue weighted by molar-refractivity contribution is -0.121. The van der Waals surface area contributed by atoms with Crippen molar-refractivity contribution in [2.75, 3.05) is 19.8 Å². The number of aliphatic hydroxyl groups excluding tert-OH is 1. The summed E-state index contributed by atoms with van der Waals surface area (Å²) in [5, 5.41) is 10.1. The highest BCUT2D eigenvalue weighted by molar-refractivity contribution is 7.41. The van der Waals surface area contributed by atoms with E-state index in [1.54, 1.807) is 0 Å². The first-order valence-corrected chi connectivity index (χ1v) is 19.1. The summed E-state index contributed by atoms with van der Waals surface area (Å²) in [4.78, 5) is 12.1. The highest BCUT2D eigenvalue weighted by Crippen LogP contribution is 2.39. The van der Waals surface area contributed by atoms with Crippen molar-refractivity contribution in [1.82, 2.24) is 0 Å². The molecule has 1 unspecified atom stereocenters. The first-order chi connectivity index (χ1) is 20.1. The first kappa shape index (κ1) is 40.9. The highest BCUT2D eigenvalue weighted by Gasteiger charge is 2.16. The number of hydrogen-bond donors (Lipinski definition) is 1. The van der Waals surface area contributed by atoms with Gasteiger partial charge in [-0.2, -0.15) is 0 Å². The van der Waals surface area contributed by atoms with Gasteiger partial charge < -0.3 is 18.7 Å². The van der Waals surface area contributed by atoms with Crippen molar-refractivity contribution in [3.63, 3.8) is 0 Å². The SMILES string of the molecule is CCCCCCCCCCCCCCCCCCCCCCCCCCCC(=O)CC(O)COP(OCC)OCC. The summed E-state index contributed by atoms with van der Waals surface area (Å²) >= 11 is 0. The third-order valence-electron chi connectivity index (χ3n) is 7.86. The zero-order valence-electron chi connectivity index (χ0n) is 27.8. The van der Waals surface area contributed by atoms with Crippen molar-refractivity contribution in [2.45, 2.75) is 200 Å². The predicted molar refractivity (Wildman–Crippen MR) is 177 cm³/mol. The molecule has 1 atom stereocenters. The van der Waals surface area contributed by atoms with Crippen LogP contribution >= 0.6 is 8.60 Å². The van der Waals surface area contributed by atoms with Crippen LogP contribution < -0.4 is 0 Å². The minimum absolute atomic E-state index is 0.0803. The molecule has 0 aromatic rings. The molecule has 0 heterocycles. The van der Waals surface area contributed by atoms with Gasteiger partial charge in [0.15, 0.2) is 0 Å². The number of carbonyl (C=O) groups is 1. The van der Waals surface area contributed by atoms with Crippen LogP contribution in [-0.2, 0) is 18.4 Å². The lowest BCUT2D eigenvalue weighted by Gasteiger charge is -2.17. The molecule has 0 fully saturated rings. The van der Waals surface area contributed by atoms with Crippen molar-refractivity contribution < 1.29 is 23.5 Å². The summed E-state index contributed by atoms with van der Waals surface area (Å²) in [5.41, 5.74) is 0. The summed E-state index contributed by atoms with van der Waals surface area (Å²) in [5.74, 6) is 0.118. The van der Waals surface area contributed by atoms with E-state index in [0.29, 0.717) is 19.6 Å². The van der Waals surface area contributed by atoms with Gasteiger partial charge in [-0.3, -0.25) is 4.79 Å². The Kier molecular flexibility index (Phi) is 34.4. The Hall–Kier alpha value is -0.0600. The van der Waals surface area contributed by atoms with E-state index >= 15 is 0 Å². The molecule has 0 aliphatic carbocycles. The van der Waals surface area contributed by atoms with Gasteiger partial charge in [-0.1, -0.05) is 161 Å². The van der Waals surface area contributed by atoms with Crippen molar-refractivity contribution in [1.29, 1.82) is 0 Å². The van der Waals surface area contributed by atoms with Crippen molar-refractivity contribution in [2.24, 2.45) is 0 Å². The standard InChI is InChI=1S/C35H71O5P/c1-4-7-8-9-10-11-12-13-14-15-16-17-18-19-20-21-22-23-24-25-26-27-28-29-30-31-34(36)32-35(37)33-40-41(38-5-2)39-6-3/h35,37H,4-33H2,1-3H3. The molecule has 0 radical (unpaired) electrons. The molecule has 0 aromatic heterocycles. The Labute approximate surface area is 257 Å². The molecule has 0 bridgehead atoms. The van der Waals surface area contributed by atoms with Crippen LogP contribution in [0, 0.1) is 0 Å². The van der Waals surface area contributed by atoms with Gasteiger partial charge in [0.25, 0.3) is 0 Å². The highest BCUT2D eigenvalue weighted by atomic mass is 31.2. The average molecular weight is 603 g/mol. The van der Waals surface area contributed by atoms with E-state index in [-0.39, 0.29) is 18.8 Å². The molecule has 0 amide bonds. The lowest BCUT2D eigenvalue weighted by atomic mass is 10.0. The topological polar surface area (TPSA) is 65.0 Å². The Bertz CT molecular complexity index is 513. The molecule has 6 heteroatoms. The van der Waals surface area contributed by atoms with Gasteiger partial charge in [0.1, 0.15) is 5.78 Å². The van der Waals surface area contributed by atoms with E-state index in [9.17, 15) is 9.90 Å². The molecule has 0 spiro atoms. The fourth-order valence-corrected chi connectivity index (χ4v) is 6.29. The van der Waals surface area contributed by atoms with E-state index in [2.05, 4.69) is 6.92 Å². The second-order valence-electron chi connectivity index (χ2n) is 12.0. The second kappa shape index (κ2) is 34.4. The number of hydrogen-bond acceptors (Lipinski definition) is 5. The van der Waals surface area contributed by atoms with E-state index in [1.807, 2.05) is 13.8 Å². The molecule has 246 valence electrons. The molecule has 0 saturated carbocycles. The zero-order valence-corrected chi connectivity index (χ0v) is 28.7. The molecular weight excluding hydrogens is 531 g/mol. The average Bonchev–Trinajstić information content (AvgIpc) is 2.96. The number of carbonyl (C=O) groups excluding carboxylic acids is 1. The third-order valence-corrected chi connectivity index (χ3v) is 9.16. The van der Waals surface area contributed by atoms with Gasteiger partial charge in [0.05, 0.1) is 25.9 Å². The fraction of sp³-hybridized carbons (Fsp3) is 0.971. The molecule has 1 N–H and O–H groups in total. The number of unbranched alkanes of at least 4 members (excludes halogenated alkanes) is 24. The number of Topliss-reactive ketones (excluding diaryl/α,β-unsaturated/α-hetero) is 1. The summed E-state index contributed by atoms with van der Waals surface area (Å²) in [6.45, 7) is 7.13. The summed E-state index contributed by atoms with van der Waals surface area (Å²) < 4.78 is 16.2. The van der Waals surface area contributed by atoms with Crippen LogP contribution in [-0.4, -0.2) is 36.8 Å². The quantitative estimate of drug-likeness (QED) is 0.0577. The van der Waals surface area contributed by atoms with Gasteiger partial charge in [-0.05, 0) is 20.3 Å². The summed E-state index contributed by atoms with van der Waals surface area (Å²) in [6, 6.07) is 0. The van der Waals surface area contributed by atoms with Crippen LogP contribution in [0.25, 0.3) is 0 Å². The zero-order chi connectivity index (χ0) is 30.1. The summed E-state index contributed by atoms with van der Waals surface area (Å²) in [7, 11) is -1.42.